The quantitative estimate of drug-likeness (QED) is 0.666. The smallest absolute Gasteiger partial charge is 0.412 e. The van der Waals surface area contributed by atoms with Crippen molar-refractivity contribution >= 4 is 28.2 Å². The van der Waals surface area contributed by atoms with Crippen LogP contribution in [-0.2, 0) is 4.74 Å². The van der Waals surface area contributed by atoms with Crippen molar-refractivity contribution in [3.05, 3.63) is 46.5 Å². The molecule has 6 nitrogen and oxygen atoms in total. The van der Waals surface area contributed by atoms with E-state index in [2.05, 4.69) is 5.32 Å². The van der Waals surface area contributed by atoms with Crippen LogP contribution in [0.4, 0.5) is 16.2 Å². The van der Waals surface area contributed by atoms with Crippen LogP contribution in [0.25, 0.3) is 10.8 Å². The van der Waals surface area contributed by atoms with Gasteiger partial charge in [-0.25, -0.2) is 4.79 Å². The number of anilines is 1. The zero-order valence-corrected chi connectivity index (χ0v) is 12.0. The van der Waals surface area contributed by atoms with Gasteiger partial charge in [0.2, 0.25) is 0 Å². The summed E-state index contributed by atoms with van der Waals surface area (Å²) in [5.74, 6) is 0. The molecule has 1 N–H and O–H groups in total. The molecule has 0 saturated heterocycles. The lowest BCUT2D eigenvalue weighted by molar-refractivity contribution is -0.383. The van der Waals surface area contributed by atoms with E-state index in [-0.39, 0.29) is 11.4 Å². The molecule has 21 heavy (non-hydrogen) atoms. The van der Waals surface area contributed by atoms with E-state index in [4.69, 9.17) is 4.74 Å². The van der Waals surface area contributed by atoms with Gasteiger partial charge in [-0.3, -0.25) is 15.4 Å². The number of benzene rings is 2. The summed E-state index contributed by atoms with van der Waals surface area (Å²) in [5, 5.41) is 15.1. The van der Waals surface area contributed by atoms with Gasteiger partial charge in [0.15, 0.2) is 0 Å². The molecule has 2 aromatic carbocycles. The topological polar surface area (TPSA) is 81.5 Å². The standard InChI is InChI=1S/C15H16N2O4/c1-15(2,3)21-14(18)16-12-8-10-6-4-5-7-11(10)9-13(12)17(19)20/h4-9H,1-3H3,(H,16,18). The first-order valence-electron chi connectivity index (χ1n) is 6.43. The van der Waals surface area contributed by atoms with Crippen LogP contribution in [-0.4, -0.2) is 16.6 Å². The first kappa shape index (κ1) is 14.8. The molecule has 0 spiro atoms. The zero-order valence-electron chi connectivity index (χ0n) is 12.0. The van der Waals surface area contributed by atoms with Gasteiger partial charge in [0.25, 0.3) is 5.69 Å². The van der Waals surface area contributed by atoms with Gasteiger partial charge in [-0.2, -0.15) is 0 Å². The fourth-order valence-corrected chi connectivity index (χ4v) is 1.89. The highest BCUT2D eigenvalue weighted by Crippen LogP contribution is 2.30. The maximum absolute atomic E-state index is 11.8. The van der Waals surface area contributed by atoms with Crippen LogP contribution in [0.5, 0.6) is 0 Å². The summed E-state index contributed by atoms with van der Waals surface area (Å²) in [7, 11) is 0. The predicted octanol–water partition coefficient (Wildman–Crippen LogP) is 4.10. The third-order valence-corrected chi connectivity index (χ3v) is 2.70. The van der Waals surface area contributed by atoms with Crippen molar-refractivity contribution in [2.75, 3.05) is 5.32 Å². The molecule has 110 valence electrons. The second-order valence-corrected chi connectivity index (χ2v) is 5.60. The van der Waals surface area contributed by atoms with Crippen LogP contribution in [0.2, 0.25) is 0 Å². The summed E-state index contributed by atoms with van der Waals surface area (Å²) in [6.45, 7) is 5.17. The summed E-state index contributed by atoms with van der Waals surface area (Å²) < 4.78 is 5.12. The number of carbonyl (C=O) groups is 1. The molecule has 0 atom stereocenters. The fourth-order valence-electron chi connectivity index (χ4n) is 1.89. The van der Waals surface area contributed by atoms with Gasteiger partial charge in [0.1, 0.15) is 11.3 Å². The zero-order chi connectivity index (χ0) is 15.6. The molecule has 0 aliphatic heterocycles. The Bertz CT molecular complexity index is 704. The number of hydrogen-bond donors (Lipinski definition) is 1. The molecule has 1 amide bonds. The Morgan fingerprint density at radius 3 is 2.29 bits per heavy atom. The molecule has 0 aromatic heterocycles. The Morgan fingerprint density at radius 2 is 1.76 bits per heavy atom. The summed E-state index contributed by atoms with van der Waals surface area (Å²) in [6, 6.07) is 10.2. The van der Waals surface area contributed by atoms with Gasteiger partial charge in [-0.1, -0.05) is 24.3 Å². The van der Waals surface area contributed by atoms with Crippen molar-refractivity contribution in [1.82, 2.24) is 0 Å². The number of nitrogens with one attached hydrogen (secondary N) is 1. The number of fused-ring (bicyclic) bond motifs is 1. The Hall–Kier alpha value is -2.63. The number of ether oxygens (including phenoxy) is 1. The number of rotatable bonds is 2. The largest absolute Gasteiger partial charge is 0.444 e. The van der Waals surface area contributed by atoms with Crippen LogP contribution >= 0.6 is 0 Å². The molecule has 0 unspecified atom stereocenters. The van der Waals surface area contributed by atoms with Crippen molar-refractivity contribution in [3.8, 4) is 0 Å². The van der Waals surface area contributed by atoms with Crippen molar-refractivity contribution < 1.29 is 14.5 Å². The van der Waals surface area contributed by atoms with Crippen molar-refractivity contribution in [1.29, 1.82) is 0 Å². The maximum Gasteiger partial charge on any atom is 0.412 e. The fraction of sp³-hybridized carbons (Fsp3) is 0.267. The van der Waals surface area contributed by atoms with E-state index in [1.165, 1.54) is 6.07 Å². The number of hydrogen-bond acceptors (Lipinski definition) is 4. The Morgan fingerprint density at radius 1 is 1.19 bits per heavy atom. The third kappa shape index (κ3) is 3.68. The molecule has 6 heteroatoms. The molecule has 0 aliphatic carbocycles. The van der Waals surface area contributed by atoms with Gasteiger partial charge >= 0.3 is 6.09 Å². The van der Waals surface area contributed by atoms with E-state index < -0.39 is 16.6 Å². The number of amides is 1. The predicted molar refractivity (Wildman–Crippen MR) is 80.5 cm³/mol. The first-order valence-corrected chi connectivity index (χ1v) is 6.43. The first-order chi connectivity index (χ1) is 9.76. The number of carbonyl (C=O) groups excluding carboxylic acids is 1. The molecule has 0 radical (unpaired) electrons. The average Bonchev–Trinajstić information content (AvgIpc) is 2.35. The van der Waals surface area contributed by atoms with E-state index in [0.717, 1.165) is 10.8 Å². The summed E-state index contributed by atoms with van der Waals surface area (Å²) in [6.07, 6.45) is -0.721. The highest BCUT2D eigenvalue weighted by Gasteiger charge is 2.21. The van der Waals surface area contributed by atoms with E-state index in [1.54, 1.807) is 39.0 Å². The summed E-state index contributed by atoms with van der Waals surface area (Å²) in [4.78, 5) is 22.4. The highest BCUT2D eigenvalue weighted by molar-refractivity contribution is 5.95. The van der Waals surface area contributed by atoms with Crippen molar-refractivity contribution in [3.63, 3.8) is 0 Å². The second-order valence-electron chi connectivity index (χ2n) is 5.60. The number of nitro groups is 1. The van der Waals surface area contributed by atoms with Crippen molar-refractivity contribution in [2.45, 2.75) is 26.4 Å². The lowest BCUT2D eigenvalue weighted by atomic mass is 10.1. The summed E-state index contributed by atoms with van der Waals surface area (Å²) >= 11 is 0. The molecule has 2 aromatic rings. The van der Waals surface area contributed by atoms with E-state index in [9.17, 15) is 14.9 Å². The monoisotopic (exact) mass is 288 g/mol. The SMILES string of the molecule is CC(C)(C)OC(=O)Nc1cc2ccccc2cc1[N+](=O)[O-]. The minimum absolute atomic E-state index is 0.118. The molecular weight excluding hydrogens is 272 g/mol. The molecule has 0 heterocycles. The minimum atomic E-state index is -0.721. The third-order valence-electron chi connectivity index (χ3n) is 2.70. The van der Waals surface area contributed by atoms with Crippen molar-refractivity contribution in [2.24, 2.45) is 0 Å². The van der Waals surface area contributed by atoms with E-state index in [0.29, 0.717) is 0 Å². The number of nitro benzene ring substituents is 1. The Labute approximate surface area is 121 Å². The molecule has 0 aliphatic rings. The molecule has 0 fully saturated rings. The normalized spacial score (nSPS) is 11.2. The molecule has 0 bridgehead atoms. The molecule has 0 saturated carbocycles. The van der Waals surface area contributed by atoms with Crippen LogP contribution in [0.15, 0.2) is 36.4 Å². The average molecular weight is 288 g/mol. The van der Waals surface area contributed by atoms with Crippen LogP contribution in [0, 0.1) is 10.1 Å². The second kappa shape index (κ2) is 5.40. The van der Waals surface area contributed by atoms with Gasteiger partial charge in [-0.15, -0.1) is 0 Å². The van der Waals surface area contributed by atoms with Crippen LogP contribution in [0.3, 0.4) is 0 Å². The lowest BCUT2D eigenvalue weighted by Gasteiger charge is -2.19. The highest BCUT2D eigenvalue weighted by atomic mass is 16.6. The summed E-state index contributed by atoms with van der Waals surface area (Å²) in [5.41, 5.74) is -0.720. The lowest BCUT2D eigenvalue weighted by Crippen LogP contribution is -2.27. The van der Waals surface area contributed by atoms with Gasteiger partial charge in [0.05, 0.1) is 4.92 Å². The number of nitrogens with zero attached hydrogens (tertiary/aromatic N) is 1. The van der Waals surface area contributed by atoms with Gasteiger partial charge < -0.3 is 4.74 Å². The Balaban J connectivity index is 2.39. The Kier molecular flexibility index (Phi) is 3.80. The molecular formula is C15H16N2O4. The maximum atomic E-state index is 11.8. The van der Waals surface area contributed by atoms with E-state index in [1.807, 2.05) is 12.1 Å². The van der Waals surface area contributed by atoms with Crippen LogP contribution in [0.1, 0.15) is 20.8 Å². The van der Waals surface area contributed by atoms with Crippen LogP contribution < -0.4 is 5.32 Å². The van der Waals surface area contributed by atoms with Gasteiger partial charge in [0, 0.05) is 6.07 Å². The van der Waals surface area contributed by atoms with E-state index >= 15 is 0 Å². The van der Waals surface area contributed by atoms with Gasteiger partial charge in [-0.05, 0) is 37.6 Å². The minimum Gasteiger partial charge on any atom is -0.444 e. The molecule has 2 rings (SSSR count).